The number of carbonyl (C=O) groups is 1. The van der Waals surface area contributed by atoms with Crippen LogP contribution in [0, 0.1) is 3.57 Å². The van der Waals surface area contributed by atoms with Gasteiger partial charge in [-0.05, 0) is 40.3 Å². The number of methoxy groups -OCH3 is 1. The molecule has 0 saturated carbocycles. The quantitative estimate of drug-likeness (QED) is 0.501. The number of ether oxygens (including phenoxy) is 1. The van der Waals surface area contributed by atoms with Gasteiger partial charge in [-0.25, -0.2) is 0 Å². The van der Waals surface area contributed by atoms with Crippen molar-refractivity contribution in [2.75, 3.05) is 13.7 Å². The molecule has 1 aromatic carbocycles. The fourth-order valence-corrected chi connectivity index (χ4v) is 1.71. The largest absolute Gasteiger partial charge is 0.468 e. The van der Waals surface area contributed by atoms with Gasteiger partial charge in [0.2, 0.25) is 0 Å². The number of hydrogen-bond acceptors (Lipinski definition) is 3. The van der Waals surface area contributed by atoms with Crippen LogP contribution in [-0.2, 0) is 16.1 Å². The van der Waals surface area contributed by atoms with E-state index >= 15 is 0 Å². The summed E-state index contributed by atoms with van der Waals surface area (Å²) in [5.41, 5.74) is 1.16. The lowest BCUT2D eigenvalue weighted by Crippen LogP contribution is -2.29. The Morgan fingerprint density at radius 1 is 1.50 bits per heavy atom. The van der Waals surface area contributed by atoms with Crippen LogP contribution in [0.3, 0.4) is 0 Å². The predicted molar refractivity (Wildman–Crippen MR) is 72.5 cm³/mol. The summed E-state index contributed by atoms with van der Waals surface area (Å²) in [7, 11) is 1.33. The number of carbonyl (C=O) groups excluding carboxylic acids is 1. The summed E-state index contributed by atoms with van der Waals surface area (Å²) in [4.78, 5) is 11.0. The Morgan fingerprint density at radius 2 is 2.12 bits per heavy atom. The molecule has 0 radical (unpaired) electrons. The average Bonchev–Trinajstić information content (AvgIpc) is 2.30. The average molecular weight is 354 g/mol. The second-order valence-corrected chi connectivity index (χ2v) is 5.02. The maximum atomic E-state index is 11.0. The van der Waals surface area contributed by atoms with Gasteiger partial charge in [-0.1, -0.05) is 12.1 Å². The van der Waals surface area contributed by atoms with Crippen LogP contribution < -0.4 is 5.32 Å². The van der Waals surface area contributed by atoms with Gasteiger partial charge in [-0.3, -0.25) is 4.79 Å². The third-order valence-electron chi connectivity index (χ3n) is 2.02. The van der Waals surface area contributed by atoms with Crippen molar-refractivity contribution >= 4 is 40.2 Å². The van der Waals surface area contributed by atoms with Gasteiger partial charge in [0, 0.05) is 16.7 Å². The molecule has 0 heterocycles. The summed E-state index contributed by atoms with van der Waals surface area (Å²) in [6, 6.07) is 8.15. The monoisotopic (exact) mass is 353 g/mol. The van der Waals surface area contributed by atoms with E-state index in [1.807, 2.05) is 24.3 Å². The van der Waals surface area contributed by atoms with Gasteiger partial charge >= 0.3 is 5.97 Å². The summed E-state index contributed by atoms with van der Waals surface area (Å²) in [6.45, 7) is 1.09. The minimum absolute atomic E-state index is 0.403. The summed E-state index contributed by atoms with van der Waals surface area (Å²) >= 11 is 8.04. The molecule has 3 nitrogen and oxygen atoms in total. The molecule has 1 N–H and O–H groups in total. The smallest absolute Gasteiger partial charge is 0.325 e. The number of alkyl halides is 1. The van der Waals surface area contributed by atoms with Crippen LogP contribution in [0.2, 0.25) is 0 Å². The van der Waals surface area contributed by atoms with Gasteiger partial charge < -0.3 is 10.1 Å². The molecule has 0 aliphatic heterocycles. The van der Waals surface area contributed by atoms with E-state index in [2.05, 4.69) is 32.6 Å². The lowest BCUT2D eigenvalue weighted by Gasteiger charge is -2.08. The molecule has 5 heteroatoms. The number of nitrogens with one attached hydrogen (secondary N) is 1. The molecule has 0 bridgehead atoms. The Labute approximate surface area is 114 Å². The molecular formula is C11H13ClINO2. The SMILES string of the molecule is COC(=O)C(Cl)CNCc1ccc(I)cc1. The summed E-state index contributed by atoms with van der Waals surface area (Å²) in [6.07, 6.45) is 0. The third kappa shape index (κ3) is 4.67. The van der Waals surface area contributed by atoms with Crippen molar-refractivity contribution in [2.45, 2.75) is 11.9 Å². The van der Waals surface area contributed by atoms with E-state index in [-0.39, 0.29) is 0 Å². The van der Waals surface area contributed by atoms with E-state index in [0.29, 0.717) is 13.1 Å². The van der Waals surface area contributed by atoms with Gasteiger partial charge in [0.15, 0.2) is 0 Å². The van der Waals surface area contributed by atoms with Crippen molar-refractivity contribution in [2.24, 2.45) is 0 Å². The first-order valence-electron chi connectivity index (χ1n) is 4.80. The van der Waals surface area contributed by atoms with Crippen molar-refractivity contribution in [3.05, 3.63) is 33.4 Å². The molecule has 0 amide bonds. The van der Waals surface area contributed by atoms with Gasteiger partial charge in [0.05, 0.1) is 7.11 Å². The van der Waals surface area contributed by atoms with Crippen LogP contribution in [0.25, 0.3) is 0 Å². The number of halogens is 2. The number of rotatable bonds is 5. The van der Waals surface area contributed by atoms with E-state index in [1.165, 1.54) is 10.7 Å². The molecule has 1 aromatic rings. The molecule has 0 aliphatic rings. The highest BCUT2D eigenvalue weighted by Crippen LogP contribution is 2.06. The van der Waals surface area contributed by atoms with Crippen LogP contribution >= 0.6 is 34.2 Å². The Bertz CT molecular complexity index is 342. The van der Waals surface area contributed by atoms with Crippen molar-refractivity contribution in [3.8, 4) is 0 Å². The first-order chi connectivity index (χ1) is 7.63. The molecule has 88 valence electrons. The Morgan fingerprint density at radius 3 is 2.69 bits per heavy atom. The van der Waals surface area contributed by atoms with E-state index in [9.17, 15) is 4.79 Å². The molecule has 1 rings (SSSR count). The molecule has 0 aliphatic carbocycles. The molecule has 16 heavy (non-hydrogen) atoms. The molecule has 0 spiro atoms. The van der Waals surface area contributed by atoms with Crippen molar-refractivity contribution in [1.82, 2.24) is 5.32 Å². The molecule has 0 aromatic heterocycles. The number of esters is 1. The van der Waals surface area contributed by atoms with Crippen molar-refractivity contribution in [3.63, 3.8) is 0 Å². The Kier molecular flexibility index (Phi) is 6.08. The first kappa shape index (κ1) is 13.7. The summed E-state index contributed by atoms with van der Waals surface area (Å²) in [5, 5.41) is 2.47. The normalized spacial score (nSPS) is 12.2. The molecule has 1 atom stereocenters. The highest BCUT2D eigenvalue weighted by atomic mass is 127. The number of hydrogen-bond donors (Lipinski definition) is 1. The fourth-order valence-electron chi connectivity index (χ4n) is 1.16. The summed E-state index contributed by atoms with van der Waals surface area (Å²) < 4.78 is 5.72. The Hall–Kier alpha value is -0.330. The molecule has 0 saturated heterocycles. The van der Waals surface area contributed by atoms with E-state index in [0.717, 1.165) is 5.56 Å². The zero-order chi connectivity index (χ0) is 12.0. The van der Waals surface area contributed by atoms with Crippen LogP contribution in [-0.4, -0.2) is 25.0 Å². The third-order valence-corrected chi connectivity index (χ3v) is 3.07. The molecule has 1 unspecified atom stereocenters. The molecular weight excluding hydrogens is 340 g/mol. The maximum absolute atomic E-state index is 11.0. The standard InChI is InChI=1S/C11H13ClINO2/c1-16-11(15)10(12)7-14-6-8-2-4-9(13)5-3-8/h2-5,10,14H,6-7H2,1H3. The first-order valence-corrected chi connectivity index (χ1v) is 6.32. The highest BCUT2D eigenvalue weighted by molar-refractivity contribution is 14.1. The van der Waals surface area contributed by atoms with Crippen LogP contribution in [0.1, 0.15) is 5.56 Å². The lowest BCUT2D eigenvalue weighted by atomic mass is 10.2. The topological polar surface area (TPSA) is 38.3 Å². The maximum Gasteiger partial charge on any atom is 0.325 e. The van der Waals surface area contributed by atoms with Gasteiger partial charge in [0.1, 0.15) is 5.38 Å². The van der Waals surface area contributed by atoms with Gasteiger partial charge in [-0.2, -0.15) is 0 Å². The zero-order valence-electron chi connectivity index (χ0n) is 8.87. The fraction of sp³-hybridized carbons (Fsp3) is 0.364. The lowest BCUT2D eigenvalue weighted by molar-refractivity contribution is -0.140. The minimum atomic E-state index is -0.631. The van der Waals surface area contributed by atoms with Gasteiger partial charge in [-0.15, -0.1) is 11.6 Å². The van der Waals surface area contributed by atoms with Crippen molar-refractivity contribution < 1.29 is 9.53 Å². The number of benzene rings is 1. The van der Waals surface area contributed by atoms with Crippen molar-refractivity contribution in [1.29, 1.82) is 0 Å². The predicted octanol–water partition coefficient (Wildman–Crippen LogP) is 2.16. The molecule has 0 fully saturated rings. The zero-order valence-corrected chi connectivity index (χ0v) is 11.8. The van der Waals surface area contributed by atoms with E-state index in [4.69, 9.17) is 11.6 Å². The van der Waals surface area contributed by atoms with Gasteiger partial charge in [0.25, 0.3) is 0 Å². The van der Waals surface area contributed by atoms with Crippen LogP contribution in [0.4, 0.5) is 0 Å². The Balaban J connectivity index is 2.30. The summed E-state index contributed by atoms with van der Waals surface area (Å²) in [5.74, 6) is -0.406. The van der Waals surface area contributed by atoms with E-state index in [1.54, 1.807) is 0 Å². The van der Waals surface area contributed by atoms with Crippen LogP contribution in [0.5, 0.6) is 0 Å². The second-order valence-electron chi connectivity index (χ2n) is 3.25. The van der Waals surface area contributed by atoms with E-state index < -0.39 is 11.3 Å². The van der Waals surface area contributed by atoms with Crippen LogP contribution in [0.15, 0.2) is 24.3 Å². The minimum Gasteiger partial charge on any atom is -0.468 e. The highest BCUT2D eigenvalue weighted by Gasteiger charge is 2.14. The second kappa shape index (κ2) is 7.09.